The third-order valence-corrected chi connectivity index (χ3v) is 4.00. The molecule has 0 aliphatic rings. The third kappa shape index (κ3) is 2.91. The summed E-state index contributed by atoms with van der Waals surface area (Å²) in [4.78, 5) is 4.53. The molecule has 0 amide bonds. The monoisotopic (exact) mass is 289 g/mol. The summed E-state index contributed by atoms with van der Waals surface area (Å²) in [5.74, 6) is 6.62. The van der Waals surface area contributed by atoms with Crippen LogP contribution in [0.3, 0.4) is 0 Å². The lowest BCUT2D eigenvalue weighted by atomic mass is 9.99. The Morgan fingerprint density at radius 2 is 2.05 bits per heavy atom. The van der Waals surface area contributed by atoms with Crippen LogP contribution in [-0.4, -0.2) is 21.9 Å². The van der Waals surface area contributed by atoms with Gasteiger partial charge in [0, 0.05) is 47.7 Å². The van der Waals surface area contributed by atoms with Crippen LogP contribution in [0.5, 0.6) is 5.75 Å². The van der Waals surface area contributed by atoms with Crippen LogP contribution in [-0.2, 0) is 13.5 Å². The van der Waals surface area contributed by atoms with Gasteiger partial charge in [0.2, 0.25) is 0 Å². The summed E-state index contributed by atoms with van der Waals surface area (Å²) in [5, 5.41) is 4.27. The van der Waals surface area contributed by atoms with Gasteiger partial charge >= 0.3 is 0 Å². The van der Waals surface area contributed by atoms with E-state index in [2.05, 4.69) is 15.5 Å². The number of pyridine rings is 1. The molecule has 1 atom stereocenters. The van der Waals surface area contributed by atoms with E-state index < -0.39 is 0 Å². The van der Waals surface area contributed by atoms with Crippen LogP contribution in [0.15, 0.2) is 12.4 Å². The van der Waals surface area contributed by atoms with Crippen LogP contribution >= 0.6 is 0 Å². The topological polar surface area (TPSA) is 78.0 Å². The predicted molar refractivity (Wildman–Crippen MR) is 82.0 cm³/mol. The van der Waals surface area contributed by atoms with E-state index in [1.165, 1.54) is 0 Å². The Morgan fingerprint density at radius 3 is 2.57 bits per heavy atom. The van der Waals surface area contributed by atoms with Gasteiger partial charge in [0.25, 0.3) is 0 Å². The van der Waals surface area contributed by atoms with Crippen molar-refractivity contribution >= 4 is 0 Å². The van der Waals surface area contributed by atoms with Crippen molar-refractivity contribution in [3.8, 4) is 5.75 Å². The van der Waals surface area contributed by atoms with Gasteiger partial charge in [-0.1, -0.05) is 0 Å². The van der Waals surface area contributed by atoms with E-state index in [4.69, 9.17) is 10.6 Å². The molecule has 2 rings (SSSR count). The molecule has 6 heteroatoms. The minimum Gasteiger partial charge on any atom is -0.496 e. The number of rotatable bonds is 5. The van der Waals surface area contributed by atoms with Gasteiger partial charge in [-0.15, -0.1) is 0 Å². The first-order chi connectivity index (χ1) is 9.99. The zero-order chi connectivity index (χ0) is 15.6. The maximum Gasteiger partial charge on any atom is 0.128 e. The second-order valence-corrected chi connectivity index (χ2v) is 5.28. The van der Waals surface area contributed by atoms with Crippen molar-refractivity contribution in [2.75, 3.05) is 7.11 Å². The molecule has 0 radical (unpaired) electrons. The van der Waals surface area contributed by atoms with Gasteiger partial charge < -0.3 is 4.74 Å². The van der Waals surface area contributed by atoms with Crippen LogP contribution < -0.4 is 16.0 Å². The number of hydrogen-bond donors (Lipinski definition) is 2. The number of hydrogen-bond acceptors (Lipinski definition) is 5. The molecule has 0 aromatic carbocycles. The first-order valence-corrected chi connectivity index (χ1v) is 6.93. The van der Waals surface area contributed by atoms with Crippen LogP contribution in [0.25, 0.3) is 0 Å². The lowest BCUT2D eigenvalue weighted by Crippen LogP contribution is -2.30. The van der Waals surface area contributed by atoms with E-state index in [0.29, 0.717) is 6.42 Å². The average Bonchev–Trinajstić information content (AvgIpc) is 2.79. The summed E-state index contributed by atoms with van der Waals surface area (Å²) in [7, 11) is 3.61. The Labute approximate surface area is 125 Å². The van der Waals surface area contributed by atoms with Gasteiger partial charge in [0.15, 0.2) is 0 Å². The number of hydrazine groups is 1. The molecule has 21 heavy (non-hydrogen) atoms. The number of methoxy groups -OCH3 is 1. The fraction of sp³-hybridized carbons (Fsp3) is 0.467. The van der Waals surface area contributed by atoms with Gasteiger partial charge in [-0.3, -0.25) is 20.9 Å². The van der Waals surface area contributed by atoms with Crippen molar-refractivity contribution in [1.82, 2.24) is 20.2 Å². The van der Waals surface area contributed by atoms with E-state index in [1.807, 2.05) is 44.9 Å². The Morgan fingerprint density at radius 1 is 1.33 bits per heavy atom. The highest BCUT2D eigenvalue weighted by atomic mass is 16.5. The molecule has 2 aromatic rings. The first kappa shape index (κ1) is 15.5. The number of nitrogens with zero attached hydrogens (tertiary/aromatic N) is 3. The van der Waals surface area contributed by atoms with Crippen LogP contribution in [0.4, 0.5) is 0 Å². The standard InChI is InChI=1S/C15H23N5O/c1-9-7-17-13(10(2)15(9)21-5)6-14(19-16)12-8-18-20(4)11(12)3/h7-8,14,19H,6,16H2,1-5H3. The molecule has 0 fully saturated rings. The van der Waals surface area contributed by atoms with Gasteiger partial charge in [0.1, 0.15) is 5.75 Å². The zero-order valence-electron chi connectivity index (χ0n) is 13.3. The molecular formula is C15H23N5O. The van der Waals surface area contributed by atoms with Gasteiger partial charge in [-0.2, -0.15) is 5.10 Å². The lowest BCUT2D eigenvalue weighted by molar-refractivity contribution is 0.406. The molecule has 0 bridgehead atoms. The van der Waals surface area contributed by atoms with E-state index in [0.717, 1.165) is 33.8 Å². The maximum absolute atomic E-state index is 5.74. The van der Waals surface area contributed by atoms with E-state index in [9.17, 15) is 0 Å². The molecule has 3 N–H and O–H groups in total. The maximum atomic E-state index is 5.74. The highest BCUT2D eigenvalue weighted by Crippen LogP contribution is 2.27. The summed E-state index contributed by atoms with van der Waals surface area (Å²) in [6.07, 6.45) is 4.37. The normalized spacial score (nSPS) is 12.5. The fourth-order valence-electron chi connectivity index (χ4n) is 2.59. The molecule has 6 nitrogen and oxygen atoms in total. The summed E-state index contributed by atoms with van der Waals surface area (Å²) in [6.45, 7) is 6.05. The molecule has 2 aromatic heterocycles. The summed E-state index contributed by atoms with van der Waals surface area (Å²) in [5.41, 5.74) is 8.11. The van der Waals surface area contributed by atoms with Crippen molar-refractivity contribution in [3.63, 3.8) is 0 Å². The molecule has 0 spiro atoms. The van der Waals surface area contributed by atoms with E-state index >= 15 is 0 Å². The Bertz CT molecular complexity index is 635. The quantitative estimate of drug-likeness (QED) is 0.644. The SMILES string of the molecule is COc1c(C)cnc(CC(NN)c2cnn(C)c2C)c1C. The summed E-state index contributed by atoms with van der Waals surface area (Å²) < 4.78 is 7.30. The number of nitrogens with two attached hydrogens (primary N) is 1. The largest absolute Gasteiger partial charge is 0.496 e. The van der Waals surface area contributed by atoms with Crippen molar-refractivity contribution in [2.24, 2.45) is 12.9 Å². The van der Waals surface area contributed by atoms with E-state index in [1.54, 1.807) is 7.11 Å². The number of aromatic nitrogens is 3. The second-order valence-electron chi connectivity index (χ2n) is 5.28. The van der Waals surface area contributed by atoms with Crippen LogP contribution in [0.1, 0.15) is 34.1 Å². The highest BCUT2D eigenvalue weighted by Gasteiger charge is 2.19. The molecule has 1 unspecified atom stereocenters. The predicted octanol–water partition coefficient (Wildman–Crippen LogP) is 1.50. The number of aryl methyl sites for hydroxylation is 2. The second kappa shape index (κ2) is 6.24. The third-order valence-electron chi connectivity index (χ3n) is 4.00. The number of ether oxygens (including phenoxy) is 1. The molecule has 0 aliphatic heterocycles. The number of nitrogens with one attached hydrogen (secondary N) is 1. The van der Waals surface area contributed by atoms with Crippen molar-refractivity contribution in [2.45, 2.75) is 33.2 Å². The van der Waals surface area contributed by atoms with Crippen LogP contribution in [0.2, 0.25) is 0 Å². The smallest absolute Gasteiger partial charge is 0.128 e. The molecule has 0 aliphatic carbocycles. The Hall–Kier alpha value is -1.92. The summed E-state index contributed by atoms with van der Waals surface area (Å²) in [6, 6.07) is -0.0303. The highest BCUT2D eigenvalue weighted by molar-refractivity contribution is 5.41. The molecule has 2 heterocycles. The minimum atomic E-state index is -0.0303. The molecule has 114 valence electrons. The van der Waals surface area contributed by atoms with Crippen molar-refractivity contribution < 1.29 is 4.74 Å². The van der Waals surface area contributed by atoms with Crippen molar-refractivity contribution in [1.29, 1.82) is 0 Å². The van der Waals surface area contributed by atoms with E-state index in [-0.39, 0.29) is 6.04 Å². The van der Waals surface area contributed by atoms with Crippen LogP contribution in [0, 0.1) is 20.8 Å². The molecular weight excluding hydrogens is 266 g/mol. The lowest BCUT2D eigenvalue weighted by Gasteiger charge is -2.18. The van der Waals surface area contributed by atoms with Gasteiger partial charge in [-0.05, 0) is 20.8 Å². The average molecular weight is 289 g/mol. The molecule has 0 saturated carbocycles. The zero-order valence-corrected chi connectivity index (χ0v) is 13.3. The fourth-order valence-corrected chi connectivity index (χ4v) is 2.59. The molecule has 0 saturated heterocycles. The Kier molecular flexibility index (Phi) is 4.59. The Balaban J connectivity index is 2.33. The summed E-state index contributed by atoms with van der Waals surface area (Å²) >= 11 is 0. The van der Waals surface area contributed by atoms with Gasteiger partial charge in [0.05, 0.1) is 19.3 Å². The minimum absolute atomic E-state index is 0.0303. The van der Waals surface area contributed by atoms with Crippen molar-refractivity contribution in [3.05, 3.63) is 40.5 Å². The first-order valence-electron chi connectivity index (χ1n) is 6.93. The van der Waals surface area contributed by atoms with Gasteiger partial charge in [-0.25, -0.2) is 0 Å².